The van der Waals surface area contributed by atoms with Crippen LogP contribution < -0.4 is 5.73 Å². The number of hydrogen-bond acceptors (Lipinski definition) is 3. The average Bonchev–Trinajstić information content (AvgIpc) is 2.67. The quantitative estimate of drug-likeness (QED) is 0.712. The Morgan fingerprint density at radius 1 is 1.47 bits per heavy atom. The Balaban J connectivity index is 1.50. The Bertz CT molecular complexity index is 267. The van der Waals surface area contributed by atoms with E-state index in [1.807, 2.05) is 12.5 Å². The van der Waals surface area contributed by atoms with Crippen LogP contribution in [0.2, 0.25) is 0 Å². The van der Waals surface area contributed by atoms with Crippen LogP contribution in [-0.4, -0.2) is 28.8 Å². The van der Waals surface area contributed by atoms with Crippen molar-refractivity contribution in [2.45, 2.75) is 31.9 Å². The van der Waals surface area contributed by atoms with Crippen molar-refractivity contribution in [3.8, 4) is 0 Å². The second kappa shape index (κ2) is 5.28. The molecule has 2 rings (SSSR count). The maximum Gasteiger partial charge on any atom is 0.0945 e. The summed E-state index contributed by atoms with van der Waals surface area (Å²) in [7, 11) is 0. The van der Waals surface area contributed by atoms with Gasteiger partial charge in [-0.05, 0) is 31.7 Å². The van der Waals surface area contributed by atoms with Gasteiger partial charge in [0.2, 0.25) is 0 Å². The number of nitrogens with two attached hydrogens (primary N) is 1. The molecule has 84 valence electrons. The van der Waals surface area contributed by atoms with Gasteiger partial charge in [-0.25, -0.2) is 4.98 Å². The highest BCUT2D eigenvalue weighted by atomic mass is 16.5. The third kappa shape index (κ3) is 3.04. The first-order valence-electron chi connectivity index (χ1n) is 5.66. The van der Waals surface area contributed by atoms with Crippen LogP contribution in [0.1, 0.15) is 19.3 Å². The van der Waals surface area contributed by atoms with Gasteiger partial charge in [0.25, 0.3) is 0 Å². The van der Waals surface area contributed by atoms with E-state index >= 15 is 0 Å². The summed E-state index contributed by atoms with van der Waals surface area (Å²) in [5, 5.41) is 0. The highest BCUT2D eigenvalue weighted by Gasteiger charge is 2.28. The molecule has 4 nitrogen and oxygen atoms in total. The number of aromatic nitrogens is 2. The van der Waals surface area contributed by atoms with Crippen molar-refractivity contribution in [1.82, 2.24) is 9.55 Å². The minimum atomic E-state index is 0.473. The molecule has 0 spiro atoms. The molecular weight excluding hydrogens is 190 g/mol. The number of ether oxygens (including phenoxy) is 1. The van der Waals surface area contributed by atoms with Crippen LogP contribution in [0.5, 0.6) is 0 Å². The van der Waals surface area contributed by atoms with E-state index in [0.29, 0.717) is 12.0 Å². The molecule has 0 saturated heterocycles. The van der Waals surface area contributed by atoms with Gasteiger partial charge in [-0.15, -0.1) is 0 Å². The minimum Gasteiger partial charge on any atom is -0.378 e. The van der Waals surface area contributed by atoms with Crippen LogP contribution >= 0.6 is 0 Å². The summed E-state index contributed by atoms with van der Waals surface area (Å²) in [6.07, 6.45) is 9.46. The van der Waals surface area contributed by atoms with E-state index in [0.717, 1.165) is 39.0 Å². The van der Waals surface area contributed by atoms with E-state index in [1.54, 1.807) is 6.20 Å². The second-order valence-electron chi connectivity index (χ2n) is 4.22. The molecule has 0 aliphatic heterocycles. The molecule has 0 atom stereocenters. The number of aryl methyl sites for hydroxylation is 1. The Morgan fingerprint density at radius 2 is 2.33 bits per heavy atom. The molecule has 1 aromatic heterocycles. The van der Waals surface area contributed by atoms with Crippen LogP contribution in [0.25, 0.3) is 0 Å². The van der Waals surface area contributed by atoms with Crippen molar-refractivity contribution in [2.75, 3.05) is 13.2 Å². The number of rotatable bonds is 6. The normalized spacial score (nSPS) is 25.1. The van der Waals surface area contributed by atoms with Crippen LogP contribution in [0, 0.1) is 5.92 Å². The van der Waals surface area contributed by atoms with Gasteiger partial charge in [0, 0.05) is 25.5 Å². The molecule has 1 aliphatic carbocycles. The first-order valence-corrected chi connectivity index (χ1v) is 5.66. The van der Waals surface area contributed by atoms with E-state index in [4.69, 9.17) is 10.5 Å². The van der Waals surface area contributed by atoms with Crippen molar-refractivity contribution in [3.63, 3.8) is 0 Å². The van der Waals surface area contributed by atoms with Crippen LogP contribution in [0.4, 0.5) is 0 Å². The molecule has 1 aliphatic rings. The molecule has 1 heterocycles. The molecule has 1 saturated carbocycles. The van der Waals surface area contributed by atoms with E-state index in [-0.39, 0.29) is 0 Å². The van der Waals surface area contributed by atoms with Gasteiger partial charge >= 0.3 is 0 Å². The first kappa shape index (κ1) is 10.6. The van der Waals surface area contributed by atoms with Crippen LogP contribution in [0.15, 0.2) is 18.7 Å². The smallest absolute Gasteiger partial charge is 0.0945 e. The van der Waals surface area contributed by atoms with Crippen molar-refractivity contribution in [3.05, 3.63) is 18.7 Å². The first-order chi connectivity index (χ1) is 7.38. The minimum absolute atomic E-state index is 0.473. The third-order valence-electron chi connectivity index (χ3n) is 3.00. The largest absolute Gasteiger partial charge is 0.378 e. The summed E-state index contributed by atoms with van der Waals surface area (Å²) in [6.45, 7) is 2.65. The zero-order valence-corrected chi connectivity index (χ0v) is 9.01. The van der Waals surface area contributed by atoms with Gasteiger partial charge in [0.15, 0.2) is 0 Å². The number of imidazole rings is 1. The van der Waals surface area contributed by atoms with E-state index in [9.17, 15) is 0 Å². The predicted octanol–water partition coefficient (Wildman–Crippen LogP) is 1.03. The van der Waals surface area contributed by atoms with E-state index < -0.39 is 0 Å². The zero-order chi connectivity index (χ0) is 10.5. The summed E-state index contributed by atoms with van der Waals surface area (Å²) in [5.41, 5.74) is 5.55. The summed E-state index contributed by atoms with van der Waals surface area (Å²) < 4.78 is 7.80. The Labute approximate surface area is 90.4 Å². The van der Waals surface area contributed by atoms with Crippen LogP contribution in [-0.2, 0) is 11.3 Å². The lowest BCUT2D eigenvalue weighted by Gasteiger charge is -2.34. The highest BCUT2D eigenvalue weighted by molar-refractivity contribution is 4.80. The maximum absolute atomic E-state index is 5.72. The van der Waals surface area contributed by atoms with E-state index in [2.05, 4.69) is 9.55 Å². The molecule has 0 amide bonds. The number of hydrogen-bond donors (Lipinski definition) is 1. The molecule has 1 aromatic rings. The van der Waals surface area contributed by atoms with Crippen molar-refractivity contribution in [2.24, 2.45) is 11.7 Å². The van der Waals surface area contributed by atoms with Crippen molar-refractivity contribution in [1.29, 1.82) is 0 Å². The molecule has 0 bridgehead atoms. The Hall–Kier alpha value is -0.870. The monoisotopic (exact) mass is 209 g/mol. The molecule has 1 fully saturated rings. The topological polar surface area (TPSA) is 53.1 Å². The Morgan fingerprint density at radius 3 is 3.00 bits per heavy atom. The van der Waals surface area contributed by atoms with Gasteiger partial charge < -0.3 is 15.0 Å². The lowest BCUT2D eigenvalue weighted by Crippen LogP contribution is -2.36. The predicted molar refractivity (Wildman–Crippen MR) is 58.4 cm³/mol. The molecular formula is C11H19N3O. The fourth-order valence-electron chi connectivity index (χ4n) is 1.92. The lowest BCUT2D eigenvalue weighted by molar-refractivity contribution is -0.0295. The summed E-state index contributed by atoms with van der Waals surface area (Å²) >= 11 is 0. The molecule has 4 heteroatoms. The SMILES string of the molecule is NCC1CC(OCCCn2ccnc2)C1. The lowest BCUT2D eigenvalue weighted by atomic mass is 9.82. The summed E-state index contributed by atoms with van der Waals surface area (Å²) in [4.78, 5) is 3.99. The number of nitrogens with zero attached hydrogens (tertiary/aromatic N) is 2. The second-order valence-corrected chi connectivity index (χ2v) is 4.22. The average molecular weight is 209 g/mol. The molecule has 0 radical (unpaired) electrons. The fraction of sp³-hybridized carbons (Fsp3) is 0.727. The molecule has 2 N–H and O–H groups in total. The van der Waals surface area contributed by atoms with Crippen molar-refractivity contribution < 1.29 is 4.74 Å². The summed E-state index contributed by atoms with van der Waals surface area (Å²) in [6, 6.07) is 0. The maximum atomic E-state index is 5.72. The fourth-order valence-corrected chi connectivity index (χ4v) is 1.92. The molecule has 0 unspecified atom stereocenters. The van der Waals surface area contributed by atoms with Gasteiger partial charge in [-0.3, -0.25) is 0 Å². The van der Waals surface area contributed by atoms with E-state index in [1.165, 1.54) is 0 Å². The van der Waals surface area contributed by atoms with Gasteiger partial charge in [0.05, 0.1) is 12.4 Å². The van der Waals surface area contributed by atoms with Crippen molar-refractivity contribution >= 4 is 0 Å². The Kier molecular flexibility index (Phi) is 3.75. The zero-order valence-electron chi connectivity index (χ0n) is 9.01. The van der Waals surface area contributed by atoms with Gasteiger partial charge in [-0.2, -0.15) is 0 Å². The van der Waals surface area contributed by atoms with Gasteiger partial charge in [-0.1, -0.05) is 0 Å². The molecule has 0 aromatic carbocycles. The standard InChI is InChI=1S/C11H19N3O/c12-8-10-6-11(7-10)15-5-1-3-14-4-2-13-9-14/h2,4,9-11H,1,3,5-8,12H2. The summed E-state index contributed by atoms with van der Waals surface area (Å²) in [5.74, 6) is 0.712. The van der Waals surface area contributed by atoms with Crippen LogP contribution in [0.3, 0.4) is 0 Å². The third-order valence-corrected chi connectivity index (χ3v) is 3.00. The van der Waals surface area contributed by atoms with Gasteiger partial charge in [0.1, 0.15) is 0 Å². The molecule has 15 heavy (non-hydrogen) atoms. The highest BCUT2D eigenvalue weighted by Crippen LogP contribution is 2.28.